The summed E-state index contributed by atoms with van der Waals surface area (Å²) in [5, 5.41) is 21.9. The summed E-state index contributed by atoms with van der Waals surface area (Å²) in [6.07, 6.45) is 1.49. The number of aromatic carboxylic acids is 1. The Kier molecular flexibility index (Phi) is 3.06. The molecule has 0 aliphatic heterocycles. The summed E-state index contributed by atoms with van der Waals surface area (Å²) in [4.78, 5) is 22.3. The van der Waals surface area contributed by atoms with Crippen LogP contribution in [0.25, 0.3) is 0 Å². The maximum atomic E-state index is 11.5. The minimum absolute atomic E-state index is 0.0646. The predicted molar refractivity (Wildman–Crippen MR) is 62.5 cm³/mol. The minimum atomic E-state index is -1.08. The van der Waals surface area contributed by atoms with Gasteiger partial charge in [0.05, 0.1) is 11.8 Å². The van der Waals surface area contributed by atoms with E-state index in [-0.39, 0.29) is 10.6 Å². The highest BCUT2D eigenvalue weighted by Crippen LogP contribution is 2.23. The molecule has 0 spiro atoms. The van der Waals surface area contributed by atoms with E-state index in [4.69, 9.17) is 5.11 Å². The van der Waals surface area contributed by atoms with Gasteiger partial charge in [0.25, 0.3) is 0 Å². The molecule has 0 radical (unpaired) electrons. The topological polar surface area (TPSA) is 107 Å². The number of urea groups is 1. The zero-order chi connectivity index (χ0) is 12.3. The van der Waals surface area contributed by atoms with Crippen molar-refractivity contribution in [2.75, 3.05) is 10.6 Å². The van der Waals surface area contributed by atoms with Crippen molar-refractivity contribution in [3.05, 3.63) is 29.3 Å². The van der Waals surface area contributed by atoms with Crippen LogP contribution in [-0.2, 0) is 0 Å². The summed E-state index contributed by atoms with van der Waals surface area (Å²) in [5.74, 6) is -0.654. The molecule has 8 heteroatoms. The monoisotopic (exact) mass is 252 g/mol. The first-order valence-corrected chi connectivity index (χ1v) is 5.43. The van der Waals surface area contributed by atoms with Crippen LogP contribution in [0.5, 0.6) is 0 Å². The number of carboxylic acids is 1. The number of rotatable bonds is 3. The van der Waals surface area contributed by atoms with Crippen molar-refractivity contribution in [1.82, 2.24) is 10.2 Å². The van der Waals surface area contributed by atoms with Crippen molar-refractivity contribution in [1.29, 1.82) is 0 Å². The zero-order valence-corrected chi connectivity index (χ0v) is 9.25. The Hall–Kier alpha value is -2.35. The van der Waals surface area contributed by atoms with E-state index in [0.717, 1.165) is 11.3 Å². The molecule has 0 aliphatic carbocycles. The fourth-order valence-corrected chi connectivity index (χ4v) is 1.93. The molecule has 88 valence electrons. The van der Waals surface area contributed by atoms with Gasteiger partial charge in [-0.2, -0.15) is 5.10 Å². The molecule has 0 atom stereocenters. The van der Waals surface area contributed by atoms with Crippen molar-refractivity contribution in [2.24, 2.45) is 0 Å². The molecular formula is C9H8N4O3S. The first kappa shape index (κ1) is 11.1. The van der Waals surface area contributed by atoms with Crippen LogP contribution in [0.2, 0.25) is 0 Å². The lowest BCUT2D eigenvalue weighted by atomic mass is 10.3. The summed E-state index contributed by atoms with van der Waals surface area (Å²) in [7, 11) is 0. The third-order valence-electron chi connectivity index (χ3n) is 1.87. The molecule has 2 heterocycles. The number of hydrogen-bond acceptors (Lipinski definition) is 4. The molecule has 17 heavy (non-hydrogen) atoms. The van der Waals surface area contributed by atoms with E-state index in [1.54, 1.807) is 11.4 Å². The Balaban J connectivity index is 2.03. The molecule has 2 aromatic heterocycles. The maximum Gasteiger partial charge on any atom is 0.338 e. The first-order chi connectivity index (χ1) is 8.16. The van der Waals surface area contributed by atoms with Crippen LogP contribution in [0.15, 0.2) is 23.7 Å². The molecule has 2 amide bonds. The van der Waals surface area contributed by atoms with Crippen LogP contribution in [0.3, 0.4) is 0 Å². The van der Waals surface area contributed by atoms with Crippen LogP contribution in [-0.4, -0.2) is 27.3 Å². The van der Waals surface area contributed by atoms with Crippen molar-refractivity contribution in [3.63, 3.8) is 0 Å². The Bertz CT molecular complexity index is 534. The Labute approximate surface area is 99.5 Å². The number of carboxylic acid groups (broad SMARTS) is 1. The van der Waals surface area contributed by atoms with E-state index in [9.17, 15) is 9.59 Å². The van der Waals surface area contributed by atoms with Gasteiger partial charge in [-0.25, -0.2) is 9.59 Å². The van der Waals surface area contributed by atoms with Gasteiger partial charge < -0.3 is 5.11 Å². The van der Waals surface area contributed by atoms with Crippen LogP contribution in [0, 0.1) is 0 Å². The number of nitrogens with zero attached hydrogens (tertiary/aromatic N) is 1. The Morgan fingerprint density at radius 1 is 1.35 bits per heavy atom. The van der Waals surface area contributed by atoms with Gasteiger partial charge in [0.2, 0.25) is 0 Å². The minimum Gasteiger partial charge on any atom is -0.478 e. The predicted octanol–water partition coefficient (Wildman–Crippen LogP) is 1.81. The van der Waals surface area contributed by atoms with Gasteiger partial charge in [0.1, 0.15) is 10.8 Å². The Morgan fingerprint density at radius 3 is 2.82 bits per heavy atom. The second kappa shape index (κ2) is 4.66. The number of H-pyrrole nitrogens is 1. The van der Waals surface area contributed by atoms with Gasteiger partial charge >= 0.3 is 12.0 Å². The summed E-state index contributed by atoms with van der Waals surface area (Å²) in [6.45, 7) is 0. The third kappa shape index (κ3) is 2.61. The average Bonchev–Trinajstić information content (AvgIpc) is 2.88. The molecule has 0 aromatic carbocycles. The van der Waals surface area contributed by atoms with Crippen molar-refractivity contribution in [2.45, 2.75) is 0 Å². The number of thiophene rings is 1. The van der Waals surface area contributed by atoms with E-state index in [1.165, 1.54) is 12.3 Å². The van der Waals surface area contributed by atoms with Gasteiger partial charge in [-0.15, -0.1) is 11.3 Å². The Morgan fingerprint density at radius 2 is 2.18 bits per heavy atom. The van der Waals surface area contributed by atoms with Gasteiger partial charge in [0.15, 0.2) is 0 Å². The SMILES string of the molecule is O=C(Nc1ccn[nH]1)Nc1sccc1C(=O)O. The summed E-state index contributed by atoms with van der Waals surface area (Å²) < 4.78 is 0. The van der Waals surface area contributed by atoms with Gasteiger partial charge in [-0.3, -0.25) is 15.7 Å². The fraction of sp³-hybridized carbons (Fsp3) is 0. The highest BCUT2D eigenvalue weighted by atomic mass is 32.1. The van der Waals surface area contributed by atoms with E-state index in [2.05, 4.69) is 20.8 Å². The molecule has 0 bridgehead atoms. The molecule has 2 rings (SSSR count). The standard InChI is InChI=1S/C9H8N4O3S/c14-8(15)5-2-4-17-7(5)12-9(16)11-6-1-3-10-13-6/h1-4H,(H,14,15)(H3,10,11,12,13,16). The second-order valence-electron chi connectivity index (χ2n) is 3.02. The third-order valence-corrected chi connectivity index (χ3v) is 2.70. The smallest absolute Gasteiger partial charge is 0.338 e. The second-order valence-corrected chi connectivity index (χ2v) is 3.93. The summed E-state index contributed by atoms with van der Waals surface area (Å²) in [5.41, 5.74) is 0.0646. The largest absolute Gasteiger partial charge is 0.478 e. The number of anilines is 2. The number of aromatic amines is 1. The van der Waals surface area contributed by atoms with E-state index < -0.39 is 12.0 Å². The summed E-state index contributed by atoms with van der Waals surface area (Å²) in [6, 6.07) is 2.48. The number of amides is 2. The molecule has 0 unspecified atom stereocenters. The van der Waals surface area contributed by atoms with E-state index in [1.807, 2.05) is 0 Å². The lowest BCUT2D eigenvalue weighted by Crippen LogP contribution is -2.20. The molecule has 0 saturated carbocycles. The highest BCUT2D eigenvalue weighted by molar-refractivity contribution is 7.14. The number of hydrogen-bond donors (Lipinski definition) is 4. The van der Waals surface area contributed by atoms with Crippen molar-refractivity contribution in [3.8, 4) is 0 Å². The fourth-order valence-electron chi connectivity index (χ4n) is 1.16. The van der Waals surface area contributed by atoms with Crippen molar-refractivity contribution < 1.29 is 14.7 Å². The van der Waals surface area contributed by atoms with Crippen molar-refractivity contribution >= 4 is 34.2 Å². The van der Waals surface area contributed by atoms with Gasteiger partial charge in [-0.1, -0.05) is 0 Å². The van der Waals surface area contributed by atoms with Crippen LogP contribution < -0.4 is 10.6 Å². The molecule has 7 nitrogen and oxygen atoms in total. The lowest BCUT2D eigenvalue weighted by molar-refractivity contribution is 0.0698. The molecule has 2 aromatic rings. The molecular weight excluding hydrogens is 244 g/mol. The molecule has 0 fully saturated rings. The number of carbonyl (C=O) groups excluding carboxylic acids is 1. The van der Waals surface area contributed by atoms with Gasteiger partial charge in [-0.05, 0) is 11.4 Å². The number of carbonyl (C=O) groups is 2. The van der Waals surface area contributed by atoms with E-state index >= 15 is 0 Å². The summed E-state index contributed by atoms with van der Waals surface area (Å²) >= 11 is 1.14. The maximum absolute atomic E-state index is 11.5. The van der Waals surface area contributed by atoms with Crippen LogP contribution in [0.4, 0.5) is 15.6 Å². The average molecular weight is 252 g/mol. The molecule has 0 aliphatic rings. The number of aromatic nitrogens is 2. The molecule has 0 saturated heterocycles. The zero-order valence-electron chi connectivity index (χ0n) is 8.43. The molecule has 4 N–H and O–H groups in total. The highest BCUT2D eigenvalue weighted by Gasteiger charge is 2.13. The van der Waals surface area contributed by atoms with Gasteiger partial charge in [0, 0.05) is 6.07 Å². The van der Waals surface area contributed by atoms with E-state index in [0.29, 0.717) is 5.82 Å². The first-order valence-electron chi connectivity index (χ1n) is 4.55. The lowest BCUT2D eigenvalue weighted by Gasteiger charge is -2.04. The normalized spacial score (nSPS) is 9.88. The van der Waals surface area contributed by atoms with Crippen LogP contribution in [0.1, 0.15) is 10.4 Å². The van der Waals surface area contributed by atoms with Crippen LogP contribution >= 0.6 is 11.3 Å². The number of nitrogens with one attached hydrogen (secondary N) is 3. The quantitative estimate of drug-likeness (QED) is 0.668.